The molecule has 0 aliphatic carbocycles. The third kappa shape index (κ3) is 2.23. The molecule has 2 aliphatic heterocycles. The zero-order valence-electron chi connectivity index (χ0n) is 11.6. The van der Waals surface area contributed by atoms with E-state index < -0.39 is 6.23 Å². The summed E-state index contributed by atoms with van der Waals surface area (Å²) >= 11 is 1.54. The summed E-state index contributed by atoms with van der Waals surface area (Å²) in [6.45, 7) is 7.70. The lowest BCUT2D eigenvalue weighted by Crippen LogP contribution is -2.49. The van der Waals surface area contributed by atoms with E-state index in [1.54, 1.807) is 0 Å². The fourth-order valence-electron chi connectivity index (χ4n) is 2.63. The molecule has 1 aromatic carbocycles. The number of thiazole rings is 1. The van der Waals surface area contributed by atoms with E-state index in [0.29, 0.717) is 18.8 Å². The van der Waals surface area contributed by atoms with Crippen LogP contribution in [0.15, 0.2) is 12.1 Å². The Morgan fingerprint density at radius 1 is 1.41 bits per heavy atom. The van der Waals surface area contributed by atoms with Gasteiger partial charge < -0.3 is 25.3 Å². The summed E-state index contributed by atoms with van der Waals surface area (Å²) in [6.07, 6.45) is 0.117. The molecule has 8 heteroatoms. The predicted octanol–water partition coefficient (Wildman–Crippen LogP) is 1.80. The number of nitrogens with two attached hydrogens (primary N) is 1. The van der Waals surface area contributed by atoms with Crippen molar-refractivity contribution in [3.63, 3.8) is 0 Å². The average Bonchev–Trinajstić information content (AvgIpc) is 3.14. The quantitative estimate of drug-likeness (QED) is 0.822. The van der Waals surface area contributed by atoms with Crippen LogP contribution in [-0.4, -0.2) is 36.7 Å². The molecule has 2 aromatic rings. The van der Waals surface area contributed by atoms with Gasteiger partial charge in [0.05, 0.1) is 23.8 Å². The van der Waals surface area contributed by atoms with Crippen LogP contribution in [0.1, 0.15) is 6.42 Å². The summed E-state index contributed by atoms with van der Waals surface area (Å²) in [7, 11) is 0. The molecule has 0 radical (unpaired) electrons. The van der Waals surface area contributed by atoms with Crippen LogP contribution in [0, 0.1) is 6.57 Å². The van der Waals surface area contributed by atoms with Crippen LogP contribution in [0.3, 0.4) is 0 Å². The van der Waals surface area contributed by atoms with Crippen molar-refractivity contribution in [3.05, 3.63) is 23.5 Å². The third-order valence-electron chi connectivity index (χ3n) is 3.80. The van der Waals surface area contributed by atoms with Crippen molar-refractivity contribution in [2.45, 2.75) is 24.7 Å². The van der Waals surface area contributed by atoms with Crippen molar-refractivity contribution in [1.82, 2.24) is 4.98 Å². The summed E-state index contributed by atoms with van der Waals surface area (Å²) in [5.41, 5.74) is 6.87. The molecule has 0 spiro atoms. The van der Waals surface area contributed by atoms with Gasteiger partial charge in [0.2, 0.25) is 6.79 Å². The highest BCUT2D eigenvalue weighted by Gasteiger charge is 2.33. The van der Waals surface area contributed by atoms with E-state index in [1.807, 2.05) is 12.1 Å². The smallest absolute Gasteiger partial charge is 0.329 e. The topological polar surface area (TPSA) is 83.0 Å². The molecule has 1 aromatic heterocycles. The van der Waals surface area contributed by atoms with Gasteiger partial charge in [0.25, 0.3) is 0 Å². The Hall–Kier alpha value is -2.08. The molecule has 3 N–H and O–H groups in total. The van der Waals surface area contributed by atoms with Crippen LogP contribution < -0.4 is 20.5 Å². The number of hydrogen-bond donors (Lipinski definition) is 2. The van der Waals surface area contributed by atoms with E-state index in [4.69, 9.17) is 26.5 Å². The Morgan fingerprint density at radius 2 is 2.32 bits per heavy atom. The summed E-state index contributed by atoms with van der Waals surface area (Å²) < 4.78 is 17.2. The summed E-state index contributed by atoms with van der Waals surface area (Å²) in [4.78, 5) is 8.03. The van der Waals surface area contributed by atoms with Gasteiger partial charge in [-0.15, -0.1) is 0 Å². The van der Waals surface area contributed by atoms with E-state index in [-0.39, 0.29) is 18.9 Å². The maximum atomic E-state index is 7.09. The second-order valence-corrected chi connectivity index (χ2v) is 6.26. The van der Waals surface area contributed by atoms with Gasteiger partial charge in [0.15, 0.2) is 16.6 Å². The van der Waals surface area contributed by atoms with Crippen molar-refractivity contribution in [2.75, 3.05) is 18.7 Å². The Morgan fingerprint density at radius 3 is 3.18 bits per heavy atom. The van der Waals surface area contributed by atoms with Gasteiger partial charge in [0, 0.05) is 6.04 Å². The van der Waals surface area contributed by atoms with E-state index in [1.165, 1.54) is 11.3 Å². The first-order chi connectivity index (χ1) is 10.7. The maximum absolute atomic E-state index is 7.09. The molecular weight excluding hydrogens is 304 g/mol. The monoisotopic (exact) mass is 318 g/mol. The highest BCUT2D eigenvalue weighted by atomic mass is 32.1. The first-order valence-electron chi connectivity index (χ1n) is 6.94. The lowest BCUT2D eigenvalue weighted by molar-refractivity contribution is 0.0269. The van der Waals surface area contributed by atoms with Crippen molar-refractivity contribution in [2.24, 2.45) is 5.73 Å². The van der Waals surface area contributed by atoms with Gasteiger partial charge >= 0.3 is 6.23 Å². The lowest BCUT2D eigenvalue weighted by atomic mass is 10.0. The zero-order chi connectivity index (χ0) is 15.1. The molecule has 2 aliphatic rings. The lowest BCUT2D eigenvalue weighted by Gasteiger charge is -2.29. The van der Waals surface area contributed by atoms with Gasteiger partial charge in [-0.1, -0.05) is 11.3 Å². The maximum Gasteiger partial charge on any atom is 0.329 e. The number of hydrogen-bond acceptors (Lipinski definition) is 7. The molecule has 114 valence electrons. The van der Waals surface area contributed by atoms with Crippen LogP contribution >= 0.6 is 11.3 Å². The Balaban J connectivity index is 1.61. The third-order valence-corrected chi connectivity index (χ3v) is 4.75. The molecule has 0 amide bonds. The minimum Gasteiger partial charge on any atom is -0.454 e. The fraction of sp³-hybridized carbons (Fsp3) is 0.429. The van der Waals surface area contributed by atoms with Crippen LogP contribution in [0.4, 0.5) is 5.13 Å². The van der Waals surface area contributed by atoms with Gasteiger partial charge in [0.1, 0.15) is 5.52 Å². The molecule has 1 fully saturated rings. The molecule has 0 unspecified atom stereocenters. The van der Waals surface area contributed by atoms with Crippen LogP contribution in [0.25, 0.3) is 15.1 Å². The molecule has 1 saturated heterocycles. The SMILES string of the molecule is [C-]#[N+][C@H]1C[C@@H](Nc2nc3c4c(ccc3s2)OCO4)[C@@H](N)CO1. The van der Waals surface area contributed by atoms with Crippen LogP contribution in [0.5, 0.6) is 11.5 Å². The largest absolute Gasteiger partial charge is 0.454 e. The molecular formula is C14H14N4O3S. The summed E-state index contributed by atoms with van der Waals surface area (Å²) in [5.74, 6) is 1.41. The number of nitrogens with zero attached hydrogens (tertiary/aromatic N) is 2. The number of ether oxygens (including phenoxy) is 3. The molecule has 22 heavy (non-hydrogen) atoms. The highest BCUT2D eigenvalue weighted by Crippen LogP contribution is 2.41. The van der Waals surface area contributed by atoms with Crippen molar-refractivity contribution < 1.29 is 14.2 Å². The summed E-state index contributed by atoms with van der Waals surface area (Å²) in [6, 6.07) is 3.67. The number of benzene rings is 1. The second-order valence-electron chi connectivity index (χ2n) is 5.23. The van der Waals surface area contributed by atoms with Gasteiger partial charge in [-0.3, -0.25) is 4.85 Å². The molecule has 0 bridgehead atoms. The Kier molecular flexibility index (Phi) is 3.26. The summed E-state index contributed by atoms with van der Waals surface area (Å²) in [5, 5.41) is 4.11. The molecule has 4 rings (SSSR count). The Bertz CT molecular complexity index is 756. The van der Waals surface area contributed by atoms with Crippen molar-refractivity contribution in [3.8, 4) is 11.5 Å². The fourth-order valence-corrected chi connectivity index (χ4v) is 3.56. The highest BCUT2D eigenvalue weighted by molar-refractivity contribution is 7.22. The van der Waals surface area contributed by atoms with E-state index >= 15 is 0 Å². The average molecular weight is 318 g/mol. The van der Waals surface area contributed by atoms with E-state index in [2.05, 4.69) is 15.1 Å². The standard InChI is InChI=1S/C14H14N4O3S/c1-16-11-4-8(7(15)5-19-11)17-14-18-12-10(22-14)3-2-9-13(12)21-6-20-9/h2-3,7-8,11H,4-6,15H2,(H,17,18)/t7-,8+,11+/m0/s1. The minimum atomic E-state index is -0.437. The zero-order valence-corrected chi connectivity index (χ0v) is 12.4. The van der Waals surface area contributed by atoms with Gasteiger partial charge in [-0.25, -0.2) is 11.6 Å². The minimum absolute atomic E-state index is 0.0290. The van der Waals surface area contributed by atoms with Crippen LogP contribution in [-0.2, 0) is 4.74 Å². The number of nitrogens with one attached hydrogen (secondary N) is 1. The van der Waals surface area contributed by atoms with Gasteiger partial charge in [-0.05, 0) is 12.1 Å². The molecule has 3 atom stereocenters. The van der Waals surface area contributed by atoms with Crippen LogP contribution in [0.2, 0.25) is 0 Å². The number of aromatic nitrogens is 1. The molecule has 7 nitrogen and oxygen atoms in total. The second kappa shape index (κ2) is 5.28. The predicted molar refractivity (Wildman–Crippen MR) is 82.1 cm³/mol. The normalized spacial score (nSPS) is 26.8. The van der Waals surface area contributed by atoms with Crippen molar-refractivity contribution in [1.29, 1.82) is 0 Å². The van der Waals surface area contributed by atoms with Crippen molar-refractivity contribution >= 4 is 26.7 Å². The first kappa shape index (κ1) is 13.6. The Labute approximate surface area is 130 Å². The first-order valence-corrected chi connectivity index (χ1v) is 7.75. The van der Waals surface area contributed by atoms with E-state index in [0.717, 1.165) is 21.1 Å². The van der Waals surface area contributed by atoms with E-state index in [9.17, 15) is 0 Å². The molecule has 3 heterocycles. The number of rotatable bonds is 2. The number of fused-ring (bicyclic) bond motifs is 3. The number of anilines is 1. The molecule has 0 saturated carbocycles. The van der Waals surface area contributed by atoms with Gasteiger partial charge in [-0.2, -0.15) is 0 Å².